The fourth-order valence-electron chi connectivity index (χ4n) is 1.46. The summed E-state index contributed by atoms with van der Waals surface area (Å²) in [6.07, 6.45) is 1.43. The highest BCUT2D eigenvalue weighted by molar-refractivity contribution is 6.36. The molecule has 2 rings (SSSR count). The van der Waals surface area contributed by atoms with Crippen molar-refractivity contribution in [1.82, 2.24) is 9.97 Å². The topological polar surface area (TPSA) is 44.2 Å². The van der Waals surface area contributed by atoms with Crippen LogP contribution in [0.1, 0.15) is 6.92 Å². The highest BCUT2D eigenvalue weighted by Crippen LogP contribution is 2.34. The Morgan fingerprint density at radius 3 is 2.81 bits per heavy atom. The molecule has 0 aliphatic heterocycles. The second-order valence-electron chi connectivity index (χ2n) is 3.09. The van der Waals surface area contributed by atoms with Crippen LogP contribution in [0.4, 0.5) is 0 Å². The van der Waals surface area contributed by atoms with E-state index in [0.29, 0.717) is 28.8 Å². The summed E-state index contributed by atoms with van der Waals surface area (Å²) in [5.41, 5.74) is 0.638. The molecule has 0 aliphatic rings. The van der Waals surface area contributed by atoms with Crippen LogP contribution in [0, 0.1) is 0 Å². The van der Waals surface area contributed by atoms with E-state index >= 15 is 0 Å². The van der Waals surface area contributed by atoms with Gasteiger partial charge in [-0.05, 0) is 19.1 Å². The number of ether oxygens (including phenoxy) is 2. The first-order valence-electron chi connectivity index (χ1n) is 4.88. The maximum Gasteiger partial charge on any atom is 0.224 e. The minimum Gasteiger partial charge on any atom is -0.495 e. The van der Waals surface area contributed by atoms with E-state index in [0.717, 1.165) is 5.39 Å². The third-order valence-electron chi connectivity index (χ3n) is 2.17. The van der Waals surface area contributed by atoms with Crippen molar-refractivity contribution in [2.24, 2.45) is 0 Å². The van der Waals surface area contributed by atoms with Crippen LogP contribution in [0.2, 0.25) is 5.02 Å². The van der Waals surface area contributed by atoms with Crippen LogP contribution in [0.5, 0.6) is 11.6 Å². The molecule has 1 aromatic heterocycles. The number of halogens is 1. The predicted molar refractivity (Wildman–Crippen MR) is 62.3 cm³/mol. The van der Waals surface area contributed by atoms with Crippen molar-refractivity contribution in [2.45, 2.75) is 6.92 Å². The van der Waals surface area contributed by atoms with Crippen molar-refractivity contribution in [3.8, 4) is 11.6 Å². The Morgan fingerprint density at radius 1 is 1.31 bits per heavy atom. The van der Waals surface area contributed by atoms with Gasteiger partial charge >= 0.3 is 0 Å². The second kappa shape index (κ2) is 4.53. The Bertz CT molecular complexity index is 517. The largest absolute Gasteiger partial charge is 0.495 e. The van der Waals surface area contributed by atoms with Crippen LogP contribution >= 0.6 is 11.6 Å². The molecule has 0 amide bonds. The number of hydrogen-bond acceptors (Lipinski definition) is 4. The standard InChI is InChI=1S/C11H11ClN2O2/c1-3-16-11-7-4-5-8(15-2)9(12)10(7)13-6-14-11/h4-6H,3H2,1-2H3. The summed E-state index contributed by atoms with van der Waals surface area (Å²) in [5, 5.41) is 1.26. The minimum atomic E-state index is 0.475. The zero-order chi connectivity index (χ0) is 11.5. The molecule has 0 atom stereocenters. The smallest absolute Gasteiger partial charge is 0.224 e. The van der Waals surface area contributed by atoms with E-state index in [1.165, 1.54) is 6.33 Å². The third kappa shape index (κ3) is 1.76. The molecule has 0 saturated heterocycles. The number of nitrogens with zero attached hydrogens (tertiary/aromatic N) is 2. The Hall–Kier alpha value is -1.55. The summed E-state index contributed by atoms with van der Waals surface area (Å²) >= 11 is 6.14. The maximum atomic E-state index is 6.14. The van der Waals surface area contributed by atoms with E-state index < -0.39 is 0 Å². The van der Waals surface area contributed by atoms with Crippen molar-refractivity contribution in [1.29, 1.82) is 0 Å². The average molecular weight is 239 g/mol. The molecule has 84 valence electrons. The van der Waals surface area contributed by atoms with Crippen LogP contribution < -0.4 is 9.47 Å². The van der Waals surface area contributed by atoms with Gasteiger partial charge in [0.2, 0.25) is 5.88 Å². The van der Waals surface area contributed by atoms with E-state index in [-0.39, 0.29) is 0 Å². The number of fused-ring (bicyclic) bond motifs is 1. The molecule has 0 fully saturated rings. The third-order valence-corrected chi connectivity index (χ3v) is 2.54. The number of benzene rings is 1. The quantitative estimate of drug-likeness (QED) is 0.825. The van der Waals surface area contributed by atoms with Gasteiger partial charge in [0.05, 0.1) is 24.6 Å². The van der Waals surface area contributed by atoms with Crippen LogP contribution in [0.15, 0.2) is 18.5 Å². The lowest BCUT2D eigenvalue weighted by atomic mass is 10.2. The molecular weight excluding hydrogens is 228 g/mol. The summed E-state index contributed by atoms with van der Waals surface area (Å²) in [6.45, 7) is 2.45. The summed E-state index contributed by atoms with van der Waals surface area (Å²) in [4.78, 5) is 8.19. The first-order valence-corrected chi connectivity index (χ1v) is 5.25. The molecule has 0 radical (unpaired) electrons. The lowest BCUT2D eigenvalue weighted by molar-refractivity contribution is 0.331. The Balaban J connectivity index is 2.67. The molecular formula is C11H11ClN2O2. The van der Waals surface area contributed by atoms with E-state index in [1.54, 1.807) is 13.2 Å². The van der Waals surface area contributed by atoms with Crippen LogP contribution in [0.25, 0.3) is 10.9 Å². The Morgan fingerprint density at radius 2 is 2.12 bits per heavy atom. The summed E-state index contributed by atoms with van der Waals surface area (Å²) in [7, 11) is 1.57. The average Bonchev–Trinajstić information content (AvgIpc) is 2.31. The molecule has 0 aliphatic carbocycles. The van der Waals surface area contributed by atoms with Crippen molar-refractivity contribution < 1.29 is 9.47 Å². The van der Waals surface area contributed by atoms with Crippen LogP contribution in [-0.4, -0.2) is 23.7 Å². The van der Waals surface area contributed by atoms with Crippen molar-refractivity contribution in [2.75, 3.05) is 13.7 Å². The molecule has 0 spiro atoms. The van der Waals surface area contributed by atoms with Gasteiger partial charge in [0.15, 0.2) is 0 Å². The van der Waals surface area contributed by atoms with E-state index in [2.05, 4.69) is 9.97 Å². The van der Waals surface area contributed by atoms with Crippen LogP contribution in [-0.2, 0) is 0 Å². The van der Waals surface area contributed by atoms with Crippen molar-refractivity contribution >= 4 is 22.5 Å². The Kier molecular flexibility index (Phi) is 3.10. The van der Waals surface area contributed by atoms with Crippen molar-refractivity contribution in [3.63, 3.8) is 0 Å². The van der Waals surface area contributed by atoms with E-state index in [9.17, 15) is 0 Å². The molecule has 0 N–H and O–H groups in total. The summed E-state index contributed by atoms with van der Waals surface area (Å²) in [6, 6.07) is 3.61. The normalized spacial score (nSPS) is 10.4. The molecule has 0 bridgehead atoms. The first-order chi connectivity index (χ1) is 7.77. The second-order valence-corrected chi connectivity index (χ2v) is 3.47. The van der Waals surface area contributed by atoms with Gasteiger partial charge < -0.3 is 9.47 Å². The van der Waals surface area contributed by atoms with Gasteiger partial charge in [0, 0.05) is 0 Å². The first kappa shape index (κ1) is 11.0. The fraction of sp³-hybridized carbons (Fsp3) is 0.273. The summed E-state index contributed by atoms with van der Waals surface area (Å²) < 4.78 is 10.5. The zero-order valence-electron chi connectivity index (χ0n) is 9.03. The van der Waals surface area contributed by atoms with E-state index in [4.69, 9.17) is 21.1 Å². The Labute approximate surface area is 98.2 Å². The molecule has 1 heterocycles. The van der Waals surface area contributed by atoms with E-state index in [1.807, 2.05) is 13.0 Å². The van der Waals surface area contributed by atoms with Crippen molar-refractivity contribution in [3.05, 3.63) is 23.5 Å². The predicted octanol–water partition coefficient (Wildman–Crippen LogP) is 2.69. The molecule has 1 aromatic carbocycles. The summed E-state index contributed by atoms with van der Waals surface area (Å²) in [5.74, 6) is 1.13. The van der Waals surface area contributed by atoms with Gasteiger partial charge in [-0.2, -0.15) is 0 Å². The molecule has 5 heteroatoms. The minimum absolute atomic E-state index is 0.475. The van der Waals surface area contributed by atoms with Gasteiger partial charge in [-0.3, -0.25) is 0 Å². The molecule has 0 saturated carbocycles. The monoisotopic (exact) mass is 238 g/mol. The van der Waals surface area contributed by atoms with Gasteiger partial charge in [-0.25, -0.2) is 9.97 Å². The van der Waals surface area contributed by atoms with Gasteiger partial charge in [0.25, 0.3) is 0 Å². The van der Waals surface area contributed by atoms with Gasteiger partial charge in [-0.1, -0.05) is 11.6 Å². The number of rotatable bonds is 3. The number of aromatic nitrogens is 2. The van der Waals surface area contributed by atoms with Gasteiger partial charge in [-0.15, -0.1) is 0 Å². The lowest BCUT2D eigenvalue weighted by Crippen LogP contribution is -1.97. The number of hydrogen-bond donors (Lipinski definition) is 0. The lowest BCUT2D eigenvalue weighted by Gasteiger charge is -2.08. The fourth-order valence-corrected chi connectivity index (χ4v) is 1.75. The zero-order valence-corrected chi connectivity index (χ0v) is 9.78. The molecule has 16 heavy (non-hydrogen) atoms. The molecule has 2 aromatic rings. The highest BCUT2D eigenvalue weighted by Gasteiger charge is 2.11. The SMILES string of the molecule is CCOc1ncnc2c(Cl)c(OC)ccc12. The molecule has 0 unspecified atom stereocenters. The van der Waals surface area contributed by atoms with Gasteiger partial charge in [0.1, 0.15) is 17.1 Å². The van der Waals surface area contributed by atoms with Crippen LogP contribution in [0.3, 0.4) is 0 Å². The molecule has 4 nitrogen and oxygen atoms in total. The highest BCUT2D eigenvalue weighted by atomic mass is 35.5. The maximum absolute atomic E-state index is 6.14. The number of methoxy groups -OCH3 is 1.